The minimum atomic E-state index is 0.286. The average molecular weight is 336 g/mol. The van der Waals surface area contributed by atoms with E-state index in [0.717, 1.165) is 34.5 Å². The number of aromatic nitrogens is 2. The van der Waals surface area contributed by atoms with Gasteiger partial charge in [-0.1, -0.05) is 42.5 Å². The van der Waals surface area contributed by atoms with Crippen molar-refractivity contribution in [3.8, 4) is 39.4 Å². The molecular formula is C23H16N2O. The van der Waals surface area contributed by atoms with Crippen LogP contribution in [0.15, 0.2) is 79.1 Å². The van der Waals surface area contributed by atoms with Gasteiger partial charge in [0.05, 0.1) is 11.4 Å². The van der Waals surface area contributed by atoms with Gasteiger partial charge in [0.15, 0.2) is 0 Å². The molecule has 0 amide bonds. The number of rotatable bonds is 2. The molecule has 0 unspecified atom stereocenters. The maximum absolute atomic E-state index is 10.4. The van der Waals surface area contributed by atoms with Crippen LogP contribution in [0.25, 0.3) is 33.6 Å². The Labute approximate surface area is 151 Å². The molecule has 0 spiro atoms. The van der Waals surface area contributed by atoms with E-state index in [1.165, 1.54) is 16.7 Å². The van der Waals surface area contributed by atoms with Crippen LogP contribution in [0, 0.1) is 0 Å². The second kappa shape index (κ2) is 5.81. The zero-order chi connectivity index (χ0) is 17.5. The first-order valence-electron chi connectivity index (χ1n) is 8.62. The zero-order valence-corrected chi connectivity index (χ0v) is 14.1. The van der Waals surface area contributed by atoms with Gasteiger partial charge < -0.3 is 5.11 Å². The van der Waals surface area contributed by atoms with E-state index in [1.807, 2.05) is 42.6 Å². The van der Waals surface area contributed by atoms with E-state index in [1.54, 1.807) is 12.3 Å². The first kappa shape index (κ1) is 14.8. The summed E-state index contributed by atoms with van der Waals surface area (Å²) in [5.74, 6) is 0.286. The van der Waals surface area contributed by atoms with Crippen molar-refractivity contribution in [3.05, 3.63) is 90.3 Å². The van der Waals surface area contributed by atoms with Gasteiger partial charge in [-0.05, 0) is 41.0 Å². The third-order valence-electron chi connectivity index (χ3n) is 4.92. The van der Waals surface area contributed by atoms with Crippen molar-refractivity contribution in [1.82, 2.24) is 9.97 Å². The molecule has 0 saturated heterocycles. The zero-order valence-electron chi connectivity index (χ0n) is 14.1. The van der Waals surface area contributed by atoms with Crippen LogP contribution in [-0.4, -0.2) is 15.1 Å². The number of aromatic hydroxyl groups is 1. The predicted octanol–water partition coefficient (Wildman–Crippen LogP) is 5.09. The normalized spacial score (nSPS) is 11.8. The fourth-order valence-corrected chi connectivity index (χ4v) is 3.67. The lowest BCUT2D eigenvalue weighted by Gasteiger charge is -2.13. The molecule has 0 saturated carbocycles. The molecule has 4 aromatic rings. The molecule has 2 aromatic heterocycles. The van der Waals surface area contributed by atoms with Crippen LogP contribution in [0.4, 0.5) is 0 Å². The van der Waals surface area contributed by atoms with Crippen molar-refractivity contribution in [2.45, 2.75) is 6.42 Å². The summed E-state index contributed by atoms with van der Waals surface area (Å²) in [6.07, 6.45) is 4.41. The van der Waals surface area contributed by atoms with Gasteiger partial charge in [-0.15, -0.1) is 0 Å². The van der Waals surface area contributed by atoms with Crippen molar-refractivity contribution in [3.63, 3.8) is 0 Å². The molecule has 2 aromatic carbocycles. The highest BCUT2D eigenvalue weighted by Gasteiger charge is 2.25. The third kappa shape index (κ3) is 2.29. The van der Waals surface area contributed by atoms with Crippen molar-refractivity contribution < 1.29 is 5.11 Å². The number of phenolic OH excluding ortho intramolecular Hbond substituents is 1. The number of nitrogens with zero attached hydrogens (tertiary/aromatic N) is 2. The van der Waals surface area contributed by atoms with E-state index in [-0.39, 0.29) is 5.75 Å². The summed E-state index contributed by atoms with van der Waals surface area (Å²) in [7, 11) is 0. The number of pyridine rings is 2. The molecule has 1 N–H and O–H groups in total. The summed E-state index contributed by atoms with van der Waals surface area (Å²) in [5.41, 5.74) is 8.32. The molecule has 124 valence electrons. The second-order valence-corrected chi connectivity index (χ2v) is 6.47. The van der Waals surface area contributed by atoms with Gasteiger partial charge >= 0.3 is 0 Å². The Morgan fingerprint density at radius 2 is 1.62 bits per heavy atom. The van der Waals surface area contributed by atoms with Gasteiger partial charge in [-0.2, -0.15) is 0 Å². The van der Waals surface area contributed by atoms with Crippen molar-refractivity contribution in [2.75, 3.05) is 0 Å². The maximum atomic E-state index is 10.4. The minimum absolute atomic E-state index is 0.286. The van der Waals surface area contributed by atoms with Gasteiger partial charge in [0.1, 0.15) is 5.75 Å². The SMILES string of the molecule is Oc1ccccc1-c1cc(-c2cccnc2)nc2c1Cc1ccccc1-2. The molecule has 2 heterocycles. The molecular weight excluding hydrogens is 320 g/mol. The van der Waals surface area contributed by atoms with Crippen molar-refractivity contribution in [2.24, 2.45) is 0 Å². The molecule has 26 heavy (non-hydrogen) atoms. The summed E-state index contributed by atoms with van der Waals surface area (Å²) >= 11 is 0. The summed E-state index contributed by atoms with van der Waals surface area (Å²) in [6, 6.07) is 21.9. The second-order valence-electron chi connectivity index (χ2n) is 6.47. The van der Waals surface area contributed by atoms with E-state index < -0.39 is 0 Å². The molecule has 1 aliphatic carbocycles. The van der Waals surface area contributed by atoms with Crippen LogP contribution < -0.4 is 0 Å². The standard InChI is InChI=1S/C23H16N2O/c26-22-10-4-3-9-18(22)19-13-21(16-7-5-11-24-14-16)25-23-17-8-2-1-6-15(17)12-20(19)23/h1-11,13-14,26H,12H2. The fourth-order valence-electron chi connectivity index (χ4n) is 3.67. The highest BCUT2D eigenvalue weighted by molar-refractivity contribution is 5.87. The van der Waals surface area contributed by atoms with Gasteiger partial charge in [-0.3, -0.25) is 4.98 Å². The van der Waals surface area contributed by atoms with Crippen LogP contribution in [0.3, 0.4) is 0 Å². The van der Waals surface area contributed by atoms with Crippen molar-refractivity contribution >= 4 is 0 Å². The number of hydrogen-bond acceptors (Lipinski definition) is 3. The largest absolute Gasteiger partial charge is 0.507 e. The summed E-state index contributed by atoms with van der Waals surface area (Å²) in [5, 5.41) is 10.4. The molecule has 0 radical (unpaired) electrons. The number of para-hydroxylation sites is 1. The van der Waals surface area contributed by atoms with Gasteiger partial charge in [0, 0.05) is 35.5 Å². The molecule has 0 atom stereocenters. The molecule has 1 aliphatic rings. The topological polar surface area (TPSA) is 46.0 Å². The Kier molecular flexibility index (Phi) is 3.32. The molecule has 5 rings (SSSR count). The van der Waals surface area contributed by atoms with E-state index in [0.29, 0.717) is 0 Å². The molecule has 3 heteroatoms. The van der Waals surface area contributed by atoms with E-state index in [9.17, 15) is 5.11 Å². The molecule has 0 fully saturated rings. The summed E-state index contributed by atoms with van der Waals surface area (Å²) in [6.45, 7) is 0. The van der Waals surface area contributed by atoms with Gasteiger partial charge in [0.25, 0.3) is 0 Å². The van der Waals surface area contributed by atoms with E-state index in [4.69, 9.17) is 4.98 Å². The van der Waals surface area contributed by atoms with Crippen LogP contribution in [0.2, 0.25) is 0 Å². The van der Waals surface area contributed by atoms with Gasteiger partial charge in [0.2, 0.25) is 0 Å². The lowest BCUT2D eigenvalue weighted by Crippen LogP contribution is -1.95. The first-order valence-corrected chi connectivity index (χ1v) is 8.62. The van der Waals surface area contributed by atoms with E-state index in [2.05, 4.69) is 29.2 Å². The number of phenols is 1. The monoisotopic (exact) mass is 336 g/mol. The number of benzene rings is 2. The average Bonchev–Trinajstić information content (AvgIpc) is 3.07. The van der Waals surface area contributed by atoms with Crippen LogP contribution in [-0.2, 0) is 6.42 Å². The minimum Gasteiger partial charge on any atom is -0.507 e. The number of fused-ring (bicyclic) bond motifs is 3. The van der Waals surface area contributed by atoms with Crippen LogP contribution in [0.1, 0.15) is 11.1 Å². The smallest absolute Gasteiger partial charge is 0.123 e. The molecule has 3 nitrogen and oxygen atoms in total. The Morgan fingerprint density at radius 3 is 2.42 bits per heavy atom. The highest BCUT2D eigenvalue weighted by atomic mass is 16.3. The Hall–Kier alpha value is -3.46. The Balaban J connectivity index is 1.82. The quantitative estimate of drug-likeness (QED) is 0.488. The lowest BCUT2D eigenvalue weighted by molar-refractivity contribution is 0.477. The van der Waals surface area contributed by atoms with Crippen LogP contribution in [0.5, 0.6) is 5.75 Å². The third-order valence-corrected chi connectivity index (χ3v) is 4.92. The predicted molar refractivity (Wildman–Crippen MR) is 103 cm³/mol. The van der Waals surface area contributed by atoms with E-state index >= 15 is 0 Å². The number of hydrogen-bond donors (Lipinski definition) is 1. The summed E-state index contributed by atoms with van der Waals surface area (Å²) < 4.78 is 0. The molecule has 0 aliphatic heterocycles. The molecule has 0 bridgehead atoms. The van der Waals surface area contributed by atoms with Gasteiger partial charge in [-0.25, -0.2) is 4.98 Å². The maximum Gasteiger partial charge on any atom is 0.123 e. The van der Waals surface area contributed by atoms with Crippen molar-refractivity contribution in [1.29, 1.82) is 0 Å². The lowest BCUT2D eigenvalue weighted by atomic mass is 9.96. The Morgan fingerprint density at radius 1 is 0.808 bits per heavy atom. The summed E-state index contributed by atoms with van der Waals surface area (Å²) in [4.78, 5) is 9.19. The Bertz CT molecular complexity index is 1120. The van der Waals surface area contributed by atoms with Crippen LogP contribution >= 0.6 is 0 Å². The first-order chi connectivity index (χ1) is 12.8. The fraction of sp³-hybridized carbons (Fsp3) is 0.0435. The highest BCUT2D eigenvalue weighted by Crippen LogP contribution is 2.43.